The molecule has 1 atom stereocenters. The summed E-state index contributed by atoms with van der Waals surface area (Å²) in [7, 11) is 0. The number of rotatable bonds is 5. The van der Waals surface area contributed by atoms with Gasteiger partial charge < -0.3 is 15.6 Å². The van der Waals surface area contributed by atoms with Gasteiger partial charge in [0.05, 0.1) is 11.7 Å². The number of benzene rings is 1. The molecule has 1 aromatic heterocycles. The summed E-state index contributed by atoms with van der Waals surface area (Å²) in [6, 6.07) is 9.59. The van der Waals surface area contributed by atoms with Crippen LogP contribution in [-0.4, -0.2) is 10.5 Å². The number of aryl methyl sites for hydroxylation is 1. The van der Waals surface area contributed by atoms with E-state index in [1.807, 2.05) is 42.0 Å². The lowest BCUT2D eigenvalue weighted by Crippen LogP contribution is -2.28. The predicted octanol–water partition coefficient (Wildman–Crippen LogP) is 3.73. The number of carbonyl (C=O) groups excluding carboxylic acids is 1. The van der Waals surface area contributed by atoms with Gasteiger partial charge in [0.2, 0.25) is 0 Å². The Bertz CT molecular complexity index is 619. The third-order valence-corrected chi connectivity index (χ3v) is 3.86. The molecule has 4 nitrogen and oxygen atoms in total. The molecule has 0 saturated carbocycles. The van der Waals surface area contributed by atoms with Gasteiger partial charge in [-0.05, 0) is 37.1 Å². The van der Waals surface area contributed by atoms with Gasteiger partial charge in [-0.25, -0.2) is 0 Å². The molecule has 2 aromatic rings. The topological polar surface area (TPSA) is 60.0 Å². The highest BCUT2D eigenvalue weighted by atomic mass is 79.9. The Morgan fingerprint density at radius 1 is 1.38 bits per heavy atom. The molecule has 112 valence electrons. The molecule has 0 bridgehead atoms. The average Bonchev–Trinajstić information content (AvgIpc) is 2.81. The second-order valence-corrected chi connectivity index (χ2v) is 6.01. The van der Waals surface area contributed by atoms with E-state index in [1.165, 1.54) is 0 Å². The Morgan fingerprint density at radius 2 is 2.05 bits per heavy atom. The summed E-state index contributed by atoms with van der Waals surface area (Å²) in [5.74, 6) is -0.101. The standard InChI is InChI=1S/C16H20BrN3O/c1-3-8-20-10-14(18)9-15(20)16(21)19-11(2)12-4-6-13(17)7-5-12/h4-7,9-11H,3,8,18H2,1-2H3,(H,19,21)/t11-/m0/s1. The van der Waals surface area contributed by atoms with Crippen LogP contribution in [0.2, 0.25) is 0 Å². The van der Waals surface area contributed by atoms with Crippen LogP contribution in [-0.2, 0) is 6.54 Å². The molecular weight excluding hydrogens is 330 g/mol. The molecule has 0 radical (unpaired) electrons. The fraction of sp³-hybridized carbons (Fsp3) is 0.312. The number of hydrogen-bond donors (Lipinski definition) is 2. The monoisotopic (exact) mass is 349 g/mol. The lowest BCUT2D eigenvalue weighted by molar-refractivity contribution is 0.0930. The van der Waals surface area contributed by atoms with E-state index in [2.05, 4.69) is 28.2 Å². The van der Waals surface area contributed by atoms with Crippen molar-refractivity contribution in [2.24, 2.45) is 0 Å². The fourth-order valence-electron chi connectivity index (χ4n) is 2.25. The molecule has 0 saturated heterocycles. The van der Waals surface area contributed by atoms with E-state index in [0.29, 0.717) is 11.4 Å². The van der Waals surface area contributed by atoms with Crippen LogP contribution in [0.3, 0.4) is 0 Å². The zero-order valence-electron chi connectivity index (χ0n) is 12.3. The summed E-state index contributed by atoms with van der Waals surface area (Å²) in [5.41, 5.74) is 8.09. The van der Waals surface area contributed by atoms with Crippen molar-refractivity contribution in [2.75, 3.05) is 5.73 Å². The summed E-state index contributed by atoms with van der Waals surface area (Å²) in [4.78, 5) is 12.4. The highest BCUT2D eigenvalue weighted by Crippen LogP contribution is 2.18. The smallest absolute Gasteiger partial charge is 0.268 e. The third-order valence-electron chi connectivity index (χ3n) is 3.33. The zero-order valence-corrected chi connectivity index (χ0v) is 13.9. The predicted molar refractivity (Wildman–Crippen MR) is 89.2 cm³/mol. The number of nitrogens with one attached hydrogen (secondary N) is 1. The lowest BCUT2D eigenvalue weighted by atomic mass is 10.1. The van der Waals surface area contributed by atoms with E-state index in [9.17, 15) is 4.79 Å². The second-order valence-electron chi connectivity index (χ2n) is 5.10. The Kier molecular flexibility index (Phi) is 5.07. The summed E-state index contributed by atoms with van der Waals surface area (Å²) in [5, 5.41) is 3.01. The number of nitrogens with zero attached hydrogens (tertiary/aromatic N) is 1. The molecule has 0 spiro atoms. The molecule has 0 unspecified atom stereocenters. The van der Waals surface area contributed by atoms with Gasteiger partial charge in [-0.3, -0.25) is 4.79 Å². The molecule has 0 fully saturated rings. The van der Waals surface area contributed by atoms with Gasteiger partial charge in [0, 0.05) is 17.2 Å². The van der Waals surface area contributed by atoms with Crippen molar-refractivity contribution in [1.29, 1.82) is 0 Å². The maximum atomic E-state index is 12.4. The van der Waals surface area contributed by atoms with Crippen molar-refractivity contribution >= 4 is 27.5 Å². The number of anilines is 1. The first-order valence-electron chi connectivity index (χ1n) is 7.03. The number of carbonyl (C=O) groups is 1. The minimum absolute atomic E-state index is 0.0585. The molecule has 0 aliphatic carbocycles. The number of nitrogen functional groups attached to an aromatic ring is 1. The Hall–Kier alpha value is -1.75. The lowest BCUT2D eigenvalue weighted by Gasteiger charge is -2.15. The number of hydrogen-bond acceptors (Lipinski definition) is 2. The SMILES string of the molecule is CCCn1cc(N)cc1C(=O)N[C@@H](C)c1ccc(Br)cc1. The number of halogens is 1. The minimum Gasteiger partial charge on any atom is -0.397 e. The van der Waals surface area contributed by atoms with Crippen LogP contribution < -0.4 is 11.1 Å². The van der Waals surface area contributed by atoms with E-state index < -0.39 is 0 Å². The van der Waals surface area contributed by atoms with Crippen molar-refractivity contribution < 1.29 is 4.79 Å². The van der Waals surface area contributed by atoms with Crippen molar-refractivity contribution in [3.8, 4) is 0 Å². The highest BCUT2D eigenvalue weighted by Gasteiger charge is 2.15. The molecular formula is C16H20BrN3O. The van der Waals surface area contributed by atoms with Crippen LogP contribution in [0.1, 0.15) is 42.4 Å². The second kappa shape index (κ2) is 6.80. The number of aromatic nitrogens is 1. The highest BCUT2D eigenvalue weighted by molar-refractivity contribution is 9.10. The van der Waals surface area contributed by atoms with E-state index in [0.717, 1.165) is 23.0 Å². The molecule has 3 N–H and O–H groups in total. The van der Waals surface area contributed by atoms with E-state index in [4.69, 9.17) is 5.73 Å². The first-order chi connectivity index (χ1) is 10.0. The summed E-state index contributed by atoms with van der Waals surface area (Å²) < 4.78 is 2.92. The van der Waals surface area contributed by atoms with Crippen molar-refractivity contribution in [3.05, 3.63) is 52.3 Å². The zero-order chi connectivity index (χ0) is 15.4. The molecule has 1 amide bonds. The van der Waals surface area contributed by atoms with E-state index in [1.54, 1.807) is 6.07 Å². The first kappa shape index (κ1) is 15.6. The molecule has 2 rings (SSSR count). The Morgan fingerprint density at radius 3 is 2.67 bits per heavy atom. The first-order valence-corrected chi connectivity index (χ1v) is 7.82. The third kappa shape index (κ3) is 3.88. The minimum atomic E-state index is -0.101. The van der Waals surface area contributed by atoms with Crippen molar-refractivity contribution in [3.63, 3.8) is 0 Å². The Balaban J connectivity index is 2.12. The average molecular weight is 350 g/mol. The molecule has 5 heteroatoms. The molecule has 21 heavy (non-hydrogen) atoms. The largest absolute Gasteiger partial charge is 0.397 e. The summed E-state index contributed by atoms with van der Waals surface area (Å²) in [6.45, 7) is 4.83. The maximum Gasteiger partial charge on any atom is 0.268 e. The van der Waals surface area contributed by atoms with Crippen LogP contribution in [0.15, 0.2) is 41.0 Å². The molecule has 1 aromatic carbocycles. The fourth-order valence-corrected chi connectivity index (χ4v) is 2.52. The van der Waals surface area contributed by atoms with Gasteiger partial charge in [-0.15, -0.1) is 0 Å². The van der Waals surface area contributed by atoms with Gasteiger partial charge in [0.1, 0.15) is 5.69 Å². The van der Waals surface area contributed by atoms with Gasteiger partial charge in [0.25, 0.3) is 5.91 Å². The van der Waals surface area contributed by atoms with Gasteiger partial charge >= 0.3 is 0 Å². The Labute approximate surface area is 133 Å². The summed E-state index contributed by atoms with van der Waals surface area (Å²) in [6.07, 6.45) is 2.76. The van der Waals surface area contributed by atoms with E-state index in [-0.39, 0.29) is 11.9 Å². The quantitative estimate of drug-likeness (QED) is 0.863. The van der Waals surface area contributed by atoms with Gasteiger partial charge in [0.15, 0.2) is 0 Å². The van der Waals surface area contributed by atoms with Crippen molar-refractivity contribution in [1.82, 2.24) is 9.88 Å². The maximum absolute atomic E-state index is 12.4. The number of nitrogens with two attached hydrogens (primary N) is 1. The van der Waals surface area contributed by atoms with Gasteiger partial charge in [-0.2, -0.15) is 0 Å². The van der Waals surface area contributed by atoms with Crippen LogP contribution in [0.4, 0.5) is 5.69 Å². The molecule has 0 aliphatic heterocycles. The van der Waals surface area contributed by atoms with Crippen LogP contribution >= 0.6 is 15.9 Å². The molecule has 1 heterocycles. The van der Waals surface area contributed by atoms with Crippen molar-refractivity contribution in [2.45, 2.75) is 32.9 Å². The number of amides is 1. The molecule has 0 aliphatic rings. The van der Waals surface area contributed by atoms with Crippen LogP contribution in [0.5, 0.6) is 0 Å². The van der Waals surface area contributed by atoms with Crippen LogP contribution in [0, 0.1) is 0 Å². The normalized spacial score (nSPS) is 12.1. The van der Waals surface area contributed by atoms with E-state index >= 15 is 0 Å². The summed E-state index contributed by atoms with van der Waals surface area (Å²) >= 11 is 3.41. The van der Waals surface area contributed by atoms with Crippen LogP contribution in [0.25, 0.3) is 0 Å². The van der Waals surface area contributed by atoms with Gasteiger partial charge in [-0.1, -0.05) is 35.0 Å².